The van der Waals surface area contributed by atoms with Crippen molar-refractivity contribution in [2.24, 2.45) is 35.0 Å². The van der Waals surface area contributed by atoms with Gasteiger partial charge in [-0.25, -0.2) is 9.78 Å². The Hall–Kier alpha value is -5.47. The van der Waals surface area contributed by atoms with E-state index in [1.54, 1.807) is 27.7 Å². The molecule has 24 nitrogen and oxygen atoms in total. The standard InChI is InChI=1S/C41H71N13O11S2/c1-19(2)12-26(49-34(57)24(43)16-66)37(60)48-25(10-8-9-11-42)35(58)50-27(13-23-15-45-18-46-23)36(59)47-22(7)33(56)53-32(21(5)6)40(63)54-31(20(3)4)39(62)51-28(14-30(44)55)38(61)52-29(17-67)41(64)65/h15,18-22,24-29,31-32,66-67H,8-14,16-17,42-43H2,1-7H3,(H2,44,55)(H,45,46)(H,47,59)(H,48,60)(H,49,57)(H,50,58)(H,51,62)(H,52,61)(H,53,56)(H,54,63)(H,64,65)/t22-,24-,25-,26-,27-,28-,29-,31-,32-/m0/s1. The fourth-order valence-electron chi connectivity index (χ4n) is 6.30. The Kier molecular flexibility index (Phi) is 26.7. The minimum Gasteiger partial charge on any atom is -0.480 e. The topological polar surface area (TPSA) is 394 Å². The molecule has 1 heterocycles. The Labute approximate surface area is 401 Å². The number of imidazole rings is 1. The van der Waals surface area contributed by atoms with Crippen LogP contribution in [0.25, 0.3) is 0 Å². The molecule has 0 spiro atoms. The molecule has 1 aromatic heterocycles. The first-order chi connectivity index (χ1) is 31.4. The Bertz CT molecular complexity index is 1840. The van der Waals surface area contributed by atoms with Gasteiger partial charge in [-0.1, -0.05) is 41.5 Å². The predicted molar refractivity (Wildman–Crippen MR) is 253 cm³/mol. The first-order valence-corrected chi connectivity index (χ1v) is 23.2. The number of nitrogens with zero attached hydrogens (tertiary/aromatic N) is 1. The van der Waals surface area contributed by atoms with Gasteiger partial charge in [0.05, 0.1) is 18.8 Å². The van der Waals surface area contributed by atoms with Crippen LogP contribution >= 0.6 is 25.3 Å². The van der Waals surface area contributed by atoms with E-state index in [1.165, 1.54) is 19.4 Å². The monoisotopic (exact) mass is 985 g/mol. The van der Waals surface area contributed by atoms with Crippen LogP contribution in [0.2, 0.25) is 0 Å². The molecule has 1 aromatic rings. The first-order valence-electron chi connectivity index (χ1n) is 22.0. The van der Waals surface area contributed by atoms with Crippen molar-refractivity contribution < 1.29 is 53.1 Å². The molecule has 0 aliphatic rings. The van der Waals surface area contributed by atoms with Gasteiger partial charge >= 0.3 is 5.97 Å². The number of amides is 9. The fraction of sp³-hybridized carbons (Fsp3) is 0.683. The number of rotatable bonds is 31. The number of nitrogens with one attached hydrogen (secondary N) is 9. The lowest BCUT2D eigenvalue weighted by Gasteiger charge is -2.29. The van der Waals surface area contributed by atoms with E-state index in [2.05, 4.69) is 77.8 Å². The number of primary amides is 1. The lowest BCUT2D eigenvalue weighted by Crippen LogP contribution is -2.61. The van der Waals surface area contributed by atoms with Crippen LogP contribution in [-0.2, 0) is 54.4 Å². The molecule has 9 atom stereocenters. The minimum absolute atomic E-state index is 0.0305. The van der Waals surface area contributed by atoms with Crippen LogP contribution in [0, 0.1) is 17.8 Å². The third kappa shape index (κ3) is 21.4. The first kappa shape index (κ1) is 59.5. The number of carboxylic acid groups (broad SMARTS) is 1. The van der Waals surface area contributed by atoms with Crippen molar-refractivity contribution in [3.63, 3.8) is 0 Å². The second-order valence-electron chi connectivity index (χ2n) is 17.2. The molecule has 67 heavy (non-hydrogen) atoms. The van der Waals surface area contributed by atoms with Crippen molar-refractivity contribution >= 4 is 84.4 Å². The molecule has 1 rings (SSSR count). The van der Waals surface area contributed by atoms with Gasteiger partial charge in [-0.05, 0) is 56.9 Å². The number of aromatic amines is 1. The summed E-state index contributed by atoms with van der Waals surface area (Å²) in [6, 6.07) is -11.5. The van der Waals surface area contributed by atoms with Crippen LogP contribution in [0.5, 0.6) is 0 Å². The third-order valence-corrected chi connectivity index (χ3v) is 10.9. The van der Waals surface area contributed by atoms with Crippen LogP contribution in [-0.4, -0.2) is 147 Å². The van der Waals surface area contributed by atoms with Gasteiger partial charge in [0.2, 0.25) is 53.2 Å². The maximum atomic E-state index is 14.0. The maximum Gasteiger partial charge on any atom is 0.327 e. The average Bonchev–Trinajstić information content (AvgIpc) is 3.77. The van der Waals surface area contributed by atoms with E-state index >= 15 is 0 Å². The number of unbranched alkanes of at least 4 members (excludes halogenated alkanes) is 1. The number of aliphatic carboxylic acids is 1. The Balaban J connectivity index is 3.29. The highest BCUT2D eigenvalue weighted by Crippen LogP contribution is 2.11. The van der Waals surface area contributed by atoms with Gasteiger partial charge in [-0.2, -0.15) is 25.3 Å². The summed E-state index contributed by atoms with van der Waals surface area (Å²) in [5.74, 6) is -10.3. The van der Waals surface area contributed by atoms with Crippen molar-refractivity contribution in [1.82, 2.24) is 52.5 Å². The van der Waals surface area contributed by atoms with E-state index in [-0.39, 0.29) is 36.7 Å². The zero-order valence-corrected chi connectivity index (χ0v) is 40.8. The Morgan fingerprint density at radius 2 is 1.12 bits per heavy atom. The highest BCUT2D eigenvalue weighted by molar-refractivity contribution is 7.80. The zero-order chi connectivity index (χ0) is 51.1. The molecule has 0 saturated carbocycles. The van der Waals surface area contributed by atoms with Crippen molar-refractivity contribution in [3.8, 4) is 0 Å². The number of carboxylic acids is 1. The fourth-order valence-corrected chi connectivity index (χ4v) is 6.71. The van der Waals surface area contributed by atoms with Gasteiger partial charge in [0.25, 0.3) is 0 Å². The van der Waals surface area contributed by atoms with E-state index in [4.69, 9.17) is 17.2 Å². The van der Waals surface area contributed by atoms with Gasteiger partial charge in [-0.15, -0.1) is 0 Å². The summed E-state index contributed by atoms with van der Waals surface area (Å²) in [6.07, 6.45) is 3.24. The van der Waals surface area contributed by atoms with Gasteiger partial charge in [-0.3, -0.25) is 43.2 Å². The van der Waals surface area contributed by atoms with E-state index in [1.807, 2.05) is 13.8 Å². The molecular weight excluding hydrogens is 915 g/mol. The number of H-pyrrole nitrogens is 1. The van der Waals surface area contributed by atoms with Gasteiger partial charge in [0.1, 0.15) is 48.3 Å². The highest BCUT2D eigenvalue weighted by Gasteiger charge is 2.36. The van der Waals surface area contributed by atoms with Crippen molar-refractivity contribution in [1.29, 1.82) is 0 Å². The highest BCUT2D eigenvalue weighted by atomic mass is 32.1. The maximum absolute atomic E-state index is 14.0. The van der Waals surface area contributed by atoms with Crippen LogP contribution in [0.1, 0.15) is 86.3 Å². The summed E-state index contributed by atoms with van der Waals surface area (Å²) >= 11 is 7.95. The zero-order valence-electron chi connectivity index (χ0n) is 39.1. The molecule has 0 aromatic carbocycles. The lowest BCUT2D eigenvalue weighted by molar-refractivity contribution is -0.142. The molecule has 0 fully saturated rings. The van der Waals surface area contributed by atoms with Crippen LogP contribution in [0.4, 0.5) is 0 Å². The second kappa shape index (κ2) is 30.0. The number of carbonyl (C=O) groups is 10. The molecule has 0 bridgehead atoms. The van der Waals surface area contributed by atoms with E-state index in [0.29, 0.717) is 25.1 Å². The van der Waals surface area contributed by atoms with Gasteiger partial charge in [0, 0.05) is 29.8 Å². The molecule has 9 amide bonds. The summed E-state index contributed by atoms with van der Waals surface area (Å²) in [5, 5.41) is 29.5. The van der Waals surface area contributed by atoms with E-state index in [9.17, 15) is 53.1 Å². The van der Waals surface area contributed by atoms with Crippen LogP contribution in [0.3, 0.4) is 0 Å². The van der Waals surface area contributed by atoms with Crippen LogP contribution in [0.15, 0.2) is 12.5 Å². The SMILES string of the molecule is CC(C)C[C@H](NC(=O)[C@@H](N)CS)C(=O)N[C@@H](CCCCN)C(=O)N[C@@H](Cc1cnc[nH]1)C(=O)N[C@@H](C)C(=O)N[C@H](C(=O)N[C@H](C(=O)N[C@@H](CC(N)=O)C(=O)N[C@@H](CS)C(=O)O)C(C)C)C(C)C. The molecule has 0 saturated heterocycles. The average molecular weight is 986 g/mol. The number of hydrogen-bond acceptors (Lipinski definition) is 15. The Morgan fingerprint density at radius 3 is 1.61 bits per heavy atom. The second-order valence-corrected chi connectivity index (χ2v) is 17.9. The number of thiol groups is 2. The quantitative estimate of drug-likeness (QED) is 0.0254. The molecule has 378 valence electrons. The van der Waals surface area contributed by atoms with Gasteiger partial charge in [0.15, 0.2) is 0 Å². The van der Waals surface area contributed by atoms with Crippen molar-refractivity contribution in [2.45, 2.75) is 141 Å². The summed E-state index contributed by atoms with van der Waals surface area (Å²) in [7, 11) is 0. The summed E-state index contributed by atoms with van der Waals surface area (Å²) in [4.78, 5) is 138. The molecule has 0 radical (unpaired) electrons. The smallest absolute Gasteiger partial charge is 0.327 e. The number of carbonyl (C=O) groups excluding carboxylic acids is 9. The van der Waals surface area contributed by atoms with E-state index in [0.717, 1.165) is 0 Å². The van der Waals surface area contributed by atoms with E-state index < -0.39 is 132 Å². The predicted octanol–water partition coefficient (Wildman–Crippen LogP) is -3.52. The van der Waals surface area contributed by atoms with Crippen molar-refractivity contribution in [3.05, 3.63) is 18.2 Å². The normalized spacial score (nSPS) is 15.3. The largest absolute Gasteiger partial charge is 0.480 e. The summed E-state index contributed by atoms with van der Waals surface area (Å²) in [5.41, 5.74) is 17.2. The molecular formula is C41H71N13O11S2. The number of hydrogen-bond donors (Lipinski definition) is 15. The lowest BCUT2D eigenvalue weighted by atomic mass is 9.99. The molecule has 0 aliphatic heterocycles. The molecule has 16 N–H and O–H groups in total. The molecule has 26 heteroatoms. The minimum atomic E-state index is -1.61. The van der Waals surface area contributed by atoms with Gasteiger partial charge < -0.3 is 69.8 Å². The third-order valence-electron chi connectivity index (χ3n) is 10.1. The molecule has 0 unspecified atom stereocenters. The van der Waals surface area contributed by atoms with Crippen LogP contribution < -0.4 is 59.7 Å². The summed E-state index contributed by atoms with van der Waals surface area (Å²) in [6.45, 7) is 11.7. The molecule has 0 aliphatic carbocycles. The Morgan fingerprint density at radius 1 is 0.627 bits per heavy atom. The van der Waals surface area contributed by atoms with Crippen molar-refractivity contribution in [2.75, 3.05) is 18.1 Å². The number of nitrogens with two attached hydrogens (primary N) is 3. The number of aromatic nitrogens is 2. The summed E-state index contributed by atoms with van der Waals surface area (Å²) < 4.78 is 0.